The number of amides is 2. The van der Waals surface area contributed by atoms with E-state index in [9.17, 15) is 9.59 Å². The van der Waals surface area contributed by atoms with Gasteiger partial charge in [-0.05, 0) is 54.5 Å². The fourth-order valence-electron chi connectivity index (χ4n) is 4.32. The summed E-state index contributed by atoms with van der Waals surface area (Å²) in [5, 5.41) is 9.86. The topological polar surface area (TPSA) is 96.0 Å². The van der Waals surface area contributed by atoms with E-state index < -0.39 is 0 Å². The number of rotatable bonds is 6. The number of anilines is 1. The molecule has 2 aromatic heterocycles. The van der Waals surface area contributed by atoms with E-state index in [-0.39, 0.29) is 11.8 Å². The Bertz CT molecular complexity index is 1070. The van der Waals surface area contributed by atoms with Crippen LogP contribution in [0.2, 0.25) is 0 Å². The summed E-state index contributed by atoms with van der Waals surface area (Å²) in [6, 6.07) is 8.28. The lowest BCUT2D eigenvalue weighted by molar-refractivity contribution is 0.0938. The third-order valence-corrected chi connectivity index (χ3v) is 7.20. The second-order valence-corrected chi connectivity index (χ2v) is 8.95. The highest BCUT2D eigenvalue weighted by molar-refractivity contribution is 7.21. The molecule has 0 atom stereocenters. The van der Waals surface area contributed by atoms with Crippen LogP contribution in [0.5, 0.6) is 0 Å². The zero-order valence-electron chi connectivity index (χ0n) is 17.8. The molecule has 4 rings (SSSR count). The number of thiophene rings is 1. The average Bonchev–Trinajstić information content (AvgIpc) is 3.22. The van der Waals surface area contributed by atoms with Gasteiger partial charge in [0.1, 0.15) is 0 Å². The van der Waals surface area contributed by atoms with E-state index >= 15 is 0 Å². The van der Waals surface area contributed by atoms with Gasteiger partial charge in [-0.25, -0.2) is 9.97 Å². The Hall–Kier alpha value is -3.00. The number of carbonyl (C=O) groups excluding carboxylic acids is 2. The van der Waals surface area contributed by atoms with Gasteiger partial charge in [-0.1, -0.05) is 18.2 Å². The summed E-state index contributed by atoms with van der Waals surface area (Å²) in [6.45, 7) is 0.645. The number of hydrogen-bond acceptors (Lipinski definition) is 6. The maximum Gasteiger partial charge on any atom is 0.261 e. The van der Waals surface area contributed by atoms with Crippen LogP contribution in [0.25, 0.3) is 10.1 Å². The van der Waals surface area contributed by atoms with Gasteiger partial charge in [0.05, 0.1) is 10.4 Å². The van der Waals surface area contributed by atoms with Crippen molar-refractivity contribution in [3.05, 3.63) is 52.7 Å². The van der Waals surface area contributed by atoms with Gasteiger partial charge >= 0.3 is 0 Å². The third kappa shape index (κ3) is 4.54. The molecule has 0 bridgehead atoms. The molecule has 0 aliphatic heterocycles. The Kier molecular flexibility index (Phi) is 6.46. The largest absolute Gasteiger partial charge is 0.357 e. The number of fused-ring (bicyclic) bond motifs is 1. The van der Waals surface area contributed by atoms with Gasteiger partial charge in [0.25, 0.3) is 11.8 Å². The van der Waals surface area contributed by atoms with Crippen molar-refractivity contribution in [2.45, 2.75) is 31.6 Å². The number of aromatic nitrogens is 2. The fraction of sp³-hybridized carbons (Fsp3) is 0.391. The van der Waals surface area contributed by atoms with Crippen molar-refractivity contribution in [3.8, 4) is 0 Å². The van der Waals surface area contributed by atoms with E-state index in [1.54, 1.807) is 25.4 Å². The summed E-state index contributed by atoms with van der Waals surface area (Å²) < 4.78 is 1.16. The predicted molar refractivity (Wildman–Crippen MR) is 124 cm³/mol. The van der Waals surface area contributed by atoms with Gasteiger partial charge in [-0.3, -0.25) is 9.59 Å². The standard InChI is InChI=1S/C23H27N5O2S/c1-24-22(30)20-19(17-5-3-4-6-18(17)31-20)15-9-7-14(8-10-15)11-26-21(29)16-12-27-23(25-2)28-13-16/h3-6,12-15H,7-11H2,1-2H3,(H,24,30)(H,26,29)(H,25,27,28). The van der Waals surface area contributed by atoms with E-state index in [2.05, 4.69) is 38.1 Å². The molecule has 1 aliphatic carbocycles. The van der Waals surface area contributed by atoms with Crippen LogP contribution in [0.1, 0.15) is 57.2 Å². The Morgan fingerprint density at radius 3 is 2.42 bits per heavy atom. The van der Waals surface area contributed by atoms with E-state index in [1.165, 1.54) is 23.3 Å². The first-order valence-corrected chi connectivity index (χ1v) is 11.4. The van der Waals surface area contributed by atoms with Gasteiger partial charge in [0.15, 0.2) is 0 Å². The SMILES string of the molecule is CNC(=O)c1sc2ccccc2c1C1CCC(CNC(=O)c2cnc(NC)nc2)CC1. The highest BCUT2D eigenvalue weighted by Gasteiger charge is 2.29. The van der Waals surface area contributed by atoms with Gasteiger partial charge in [-0.2, -0.15) is 0 Å². The highest BCUT2D eigenvalue weighted by atomic mass is 32.1. The van der Waals surface area contributed by atoms with Crippen molar-refractivity contribution in [1.82, 2.24) is 20.6 Å². The van der Waals surface area contributed by atoms with Crippen LogP contribution in [0.4, 0.5) is 5.95 Å². The lowest BCUT2D eigenvalue weighted by atomic mass is 9.77. The van der Waals surface area contributed by atoms with Crippen molar-refractivity contribution in [3.63, 3.8) is 0 Å². The molecule has 0 spiro atoms. The monoisotopic (exact) mass is 437 g/mol. The number of hydrogen-bond donors (Lipinski definition) is 3. The first-order chi connectivity index (χ1) is 15.1. The van der Waals surface area contributed by atoms with Crippen molar-refractivity contribution in [2.24, 2.45) is 5.92 Å². The van der Waals surface area contributed by atoms with Crippen molar-refractivity contribution >= 4 is 39.2 Å². The van der Waals surface area contributed by atoms with Crippen molar-refractivity contribution in [1.29, 1.82) is 0 Å². The fourth-order valence-corrected chi connectivity index (χ4v) is 5.56. The van der Waals surface area contributed by atoms with Crippen LogP contribution in [0.3, 0.4) is 0 Å². The van der Waals surface area contributed by atoms with Crippen LogP contribution >= 0.6 is 11.3 Å². The molecule has 8 heteroatoms. The van der Waals surface area contributed by atoms with E-state index in [1.807, 2.05) is 12.1 Å². The molecule has 2 amide bonds. The second-order valence-electron chi connectivity index (χ2n) is 7.89. The predicted octanol–water partition coefficient (Wildman–Crippen LogP) is 3.80. The molecule has 0 saturated heterocycles. The highest BCUT2D eigenvalue weighted by Crippen LogP contribution is 2.43. The molecular formula is C23H27N5O2S. The molecular weight excluding hydrogens is 410 g/mol. The molecule has 1 aromatic carbocycles. The van der Waals surface area contributed by atoms with Crippen molar-refractivity contribution < 1.29 is 9.59 Å². The lowest BCUT2D eigenvalue weighted by Gasteiger charge is -2.29. The summed E-state index contributed by atoms with van der Waals surface area (Å²) >= 11 is 1.58. The van der Waals surface area contributed by atoms with Crippen LogP contribution in [0, 0.1) is 5.92 Å². The van der Waals surface area contributed by atoms with E-state index in [4.69, 9.17) is 0 Å². The number of carbonyl (C=O) groups is 2. The molecule has 31 heavy (non-hydrogen) atoms. The Morgan fingerprint density at radius 1 is 1.03 bits per heavy atom. The number of benzene rings is 1. The second kappa shape index (κ2) is 9.43. The van der Waals surface area contributed by atoms with Gasteiger partial charge in [0, 0.05) is 37.7 Å². The molecule has 1 aliphatic rings. The minimum absolute atomic E-state index is 0.00269. The Balaban J connectivity index is 1.39. The minimum Gasteiger partial charge on any atom is -0.357 e. The summed E-state index contributed by atoms with van der Waals surface area (Å²) in [6.07, 6.45) is 7.16. The molecule has 0 unspecified atom stereocenters. The molecule has 0 radical (unpaired) electrons. The summed E-state index contributed by atoms with van der Waals surface area (Å²) in [5.41, 5.74) is 1.66. The van der Waals surface area contributed by atoms with Gasteiger partial charge < -0.3 is 16.0 Å². The van der Waals surface area contributed by atoms with Crippen LogP contribution in [-0.2, 0) is 0 Å². The molecule has 162 valence electrons. The summed E-state index contributed by atoms with van der Waals surface area (Å²) in [5.74, 6) is 1.16. The van der Waals surface area contributed by atoms with Gasteiger partial charge in [0.2, 0.25) is 5.95 Å². The zero-order valence-corrected chi connectivity index (χ0v) is 18.6. The molecule has 1 saturated carbocycles. The summed E-state index contributed by atoms with van der Waals surface area (Å²) in [4.78, 5) is 33.9. The summed E-state index contributed by atoms with van der Waals surface area (Å²) in [7, 11) is 3.43. The molecule has 3 aromatic rings. The van der Waals surface area contributed by atoms with Crippen LogP contribution in [-0.4, -0.2) is 42.4 Å². The molecule has 7 nitrogen and oxygen atoms in total. The molecule has 3 N–H and O–H groups in total. The number of nitrogens with one attached hydrogen (secondary N) is 3. The zero-order chi connectivity index (χ0) is 21.8. The maximum atomic E-state index is 12.5. The lowest BCUT2D eigenvalue weighted by Crippen LogP contribution is -2.31. The Morgan fingerprint density at radius 2 is 1.74 bits per heavy atom. The first-order valence-electron chi connectivity index (χ1n) is 10.6. The van der Waals surface area contributed by atoms with Crippen molar-refractivity contribution in [2.75, 3.05) is 26.0 Å². The van der Waals surface area contributed by atoms with Crippen LogP contribution in [0.15, 0.2) is 36.7 Å². The third-order valence-electron chi connectivity index (χ3n) is 6.01. The quantitative estimate of drug-likeness (QED) is 0.545. The van der Waals surface area contributed by atoms with E-state index in [0.29, 0.717) is 29.9 Å². The first kappa shape index (κ1) is 21.2. The van der Waals surface area contributed by atoms with Gasteiger partial charge in [-0.15, -0.1) is 11.3 Å². The number of nitrogens with zero attached hydrogens (tertiary/aromatic N) is 2. The van der Waals surface area contributed by atoms with E-state index in [0.717, 1.165) is 35.3 Å². The molecule has 2 heterocycles. The minimum atomic E-state index is -0.143. The van der Waals surface area contributed by atoms with Crippen LogP contribution < -0.4 is 16.0 Å². The molecule has 1 fully saturated rings. The maximum absolute atomic E-state index is 12.5. The Labute approximate surface area is 185 Å². The smallest absolute Gasteiger partial charge is 0.261 e. The average molecular weight is 438 g/mol. The normalized spacial score (nSPS) is 18.5.